The van der Waals surface area contributed by atoms with Crippen LogP contribution in [0.25, 0.3) is 0 Å². The molecular weight excluding hydrogens is 160 g/mol. The van der Waals surface area contributed by atoms with Gasteiger partial charge in [0.05, 0.1) is 0 Å². The maximum absolute atomic E-state index is 4.29. The van der Waals surface area contributed by atoms with Gasteiger partial charge >= 0.3 is 0 Å². The number of aliphatic imine (C=N–C) groups is 2. The van der Waals surface area contributed by atoms with Crippen LogP contribution in [0.4, 0.5) is 0 Å². The molecule has 0 spiro atoms. The van der Waals surface area contributed by atoms with Gasteiger partial charge < -0.3 is 0 Å². The van der Waals surface area contributed by atoms with Gasteiger partial charge in [-0.2, -0.15) is 0 Å². The number of hydrogen-bond donors (Lipinski definition) is 0. The molecule has 0 aromatic heterocycles. The first kappa shape index (κ1) is 12.3. The van der Waals surface area contributed by atoms with Crippen molar-refractivity contribution in [2.45, 2.75) is 59.0 Å². The molecule has 0 aliphatic rings. The van der Waals surface area contributed by atoms with Crippen LogP contribution in [0.15, 0.2) is 9.98 Å². The van der Waals surface area contributed by atoms with Gasteiger partial charge in [0.2, 0.25) is 0 Å². The highest BCUT2D eigenvalue weighted by Gasteiger charge is 1.86. The summed E-state index contributed by atoms with van der Waals surface area (Å²) in [6.07, 6.45) is 7.35. The Bertz CT molecular complexity index is 139. The Balaban J connectivity index is 3.26. The third kappa shape index (κ3) is 11.3. The molecule has 13 heavy (non-hydrogen) atoms. The Labute approximate surface area is 82.2 Å². The molecule has 0 saturated heterocycles. The number of unbranched alkanes of at least 4 members (excludes halogenated alkanes) is 2. The standard InChI is InChI=1S/C11H22N2/c1-10(2)12-8-6-5-7-9-13-11(3)4/h8-11H,5-7H2,1-4H3/b12-8-,13-9-. The zero-order valence-electron chi connectivity index (χ0n) is 9.33. The summed E-state index contributed by atoms with van der Waals surface area (Å²) in [6.45, 7) is 8.38. The van der Waals surface area contributed by atoms with Gasteiger partial charge in [0, 0.05) is 12.1 Å². The smallest absolute Gasteiger partial charge is 0.0439 e. The molecular formula is C11H22N2. The molecule has 0 unspecified atom stereocenters. The molecule has 0 aliphatic carbocycles. The molecule has 0 radical (unpaired) electrons. The molecule has 0 aromatic rings. The molecule has 0 fully saturated rings. The molecule has 0 bridgehead atoms. The van der Waals surface area contributed by atoms with Crippen LogP contribution in [0.3, 0.4) is 0 Å². The summed E-state index contributed by atoms with van der Waals surface area (Å²) in [7, 11) is 0. The highest BCUT2D eigenvalue weighted by Crippen LogP contribution is 1.93. The largest absolute Gasteiger partial charge is 0.295 e. The fraction of sp³-hybridized carbons (Fsp3) is 0.818. The second-order valence-corrected chi connectivity index (χ2v) is 3.78. The summed E-state index contributed by atoms with van der Waals surface area (Å²) in [5.41, 5.74) is 0. The zero-order valence-corrected chi connectivity index (χ0v) is 9.33. The van der Waals surface area contributed by atoms with Gasteiger partial charge in [-0.15, -0.1) is 0 Å². The second kappa shape index (κ2) is 7.96. The minimum absolute atomic E-state index is 0.435. The summed E-state index contributed by atoms with van der Waals surface area (Å²) < 4.78 is 0. The second-order valence-electron chi connectivity index (χ2n) is 3.78. The average molecular weight is 182 g/mol. The van der Waals surface area contributed by atoms with Gasteiger partial charge in [-0.05, 0) is 59.4 Å². The van der Waals surface area contributed by atoms with Crippen molar-refractivity contribution in [3.63, 3.8) is 0 Å². The fourth-order valence-corrected chi connectivity index (χ4v) is 0.871. The van der Waals surface area contributed by atoms with E-state index in [0.29, 0.717) is 12.1 Å². The van der Waals surface area contributed by atoms with Gasteiger partial charge in [0.1, 0.15) is 0 Å². The van der Waals surface area contributed by atoms with E-state index in [9.17, 15) is 0 Å². The summed E-state index contributed by atoms with van der Waals surface area (Å²) >= 11 is 0. The Morgan fingerprint density at radius 2 is 1.23 bits per heavy atom. The Hall–Kier alpha value is -0.660. The van der Waals surface area contributed by atoms with Crippen LogP contribution in [0.2, 0.25) is 0 Å². The van der Waals surface area contributed by atoms with E-state index in [-0.39, 0.29) is 0 Å². The van der Waals surface area contributed by atoms with Gasteiger partial charge in [-0.3, -0.25) is 9.98 Å². The van der Waals surface area contributed by atoms with E-state index in [1.807, 2.05) is 12.4 Å². The third-order valence-corrected chi connectivity index (χ3v) is 1.47. The van der Waals surface area contributed by atoms with E-state index >= 15 is 0 Å². The maximum Gasteiger partial charge on any atom is 0.0439 e. The van der Waals surface area contributed by atoms with E-state index in [2.05, 4.69) is 37.7 Å². The Morgan fingerprint density at radius 1 is 0.846 bits per heavy atom. The lowest BCUT2D eigenvalue weighted by atomic mass is 10.2. The highest BCUT2D eigenvalue weighted by molar-refractivity contribution is 5.60. The van der Waals surface area contributed by atoms with E-state index in [1.54, 1.807) is 0 Å². The van der Waals surface area contributed by atoms with Gasteiger partial charge in [0.15, 0.2) is 0 Å². The lowest BCUT2D eigenvalue weighted by Gasteiger charge is -1.95. The molecule has 0 heterocycles. The molecule has 0 N–H and O–H groups in total. The third-order valence-electron chi connectivity index (χ3n) is 1.47. The van der Waals surface area contributed by atoms with Crippen molar-refractivity contribution < 1.29 is 0 Å². The van der Waals surface area contributed by atoms with Crippen molar-refractivity contribution in [1.82, 2.24) is 0 Å². The first-order valence-corrected chi connectivity index (χ1v) is 5.16. The number of nitrogens with zero attached hydrogens (tertiary/aromatic N) is 2. The lowest BCUT2D eigenvalue weighted by Crippen LogP contribution is -1.91. The van der Waals surface area contributed by atoms with Crippen LogP contribution in [-0.4, -0.2) is 24.5 Å². The van der Waals surface area contributed by atoms with Gasteiger partial charge in [0.25, 0.3) is 0 Å². The monoisotopic (exact) mass is 182 g/mol. The molecule has 76 valence electrons. The fourth-order valence-electron chi connectivity index (χ4n) is 0.871. The van der Waals surface area contributed by atoms with Crippen molar-refractivity contribution in [2.24, 2.45) is 9.98 Å². The van der Waals surface area contributed by atoms with Gasteiger partial charge in [-0.25, -0.2) is 0 Å². The lowest BCUT2D eigenvalue weighted by molar-refractivity contribution is 0.820. The van der Waals surface area contributed by atoms with Crippen LogP contribution in [0.5, 0.6) is 0 Å². The van der Waals surface area contributed by atoms with Crippen LogP contribution < -0.4 is 0 Å². The van der Waals surface area contributed by atoms with Crippen LogP contribution in [-0.2, 0) is 0 Å². The maximum atomic E-state index is 4.29. The van der Waals surface area contributed by atoms with Crippen LogP contribution in [0.1, 0.15) is 47.0 Å². The number of hydrogen-bond acceptors (Lipinski definition) is 2. The van der Waals surface area contributed by atoms with Crippen molar-refractivity contribution in [1.29, 1.82) is 0 Å². The van der Waals surface area contributed by atoms with Crippen LogP contribution >= 0.6 is 0 Å². The topological polar surface area (TPSA) is 24.7 Å². The Morgan fingerprint density at radius 3 is 1.54 bits per heavy atom. The highest BCUT2D eigenvalue weighted by atomic mass is 14.7. The molecule has 2 heteroatoms. The number of rotatable bonds is 6. The first-order valence-electron chi connectivity index (χ1n) is 5.16. The van der Waals surface area contributed by atoms with Crippen molar-refractivity contribution in [3.05, 3.63) is 0 Å². The van der Waals surface area contributed by atoms with Gasteiger partial charge in [-0.1, -0.05) is 0 Å². The van der Waals surface area contributed by atoms with Crippen molar-refractivity contribution >= 4 is 12.4 Å². The van der Waals surface area contributed by atoms with E-state index < -0.39 is 0 Å². The molecule has 2 nitrogen and oxygen atoms in total. The summed E-state index contributed by atoms with van der Waals surface area (Å²) in [6, 6.07) is 0.869. The molecule has 0 saturated carbocycles. The molecule has 0 aromatic carbocycles. The van der Waals surface area contributed by atoms with Crippen molar-refractivity contribution in [3.8, 4) is 0 Å². The molecule has 0 aliphatic heterocycles. The minimum atomic E-state index is 0.435. The van der Waals surface area contributed by atoms with Crippen LogP contribution in [0, 0.1) is 0 Å². The first-order chi connectivity index (χ1) is 6.13. The van der Waals surface area contributed by atoms with E-state index in [0.717, 1.165) is 19.3 Å². The summed E-state index contributed by atoms with van der Waals surface area (Å²) in [5.74, 6) is 0. The Kier molecular flexibility index (Phi) is 7.56. The summed E-state index contributed by atoms with van der Waals surface area (Å²) in [5, 5.41) is 0. The zero-order chi connectivity index (χ0) is 10.1. The van der Waals surface area contributed by atoms with E-state index in [1.165, 1.54) is 0 Å². The molecule has 0 amide bonds. The normalized spacial score (nSPS) is 12.8. The average Bonchev–Trinajstić information content (AvgIpc) is 2.01. The van der Waals surface area contributed by atoms with Crippen molar-refractivity contribution in [2.75, 3.05) is 0 Å². The molecule has 0 rings (SSSR count). The quantitative estimate of drug-likeness (QED) is 0.445. The SMILES string of the molecule is CC(C)/N=C\CCC/C=N\C(C)C. The molecule has 0 atom stereocenters. The van der Waals surface area contributed by atoms with E-state index in [4.69, 9.17) is 0 Å². The minimum Gasteiger partial charge on any atom is -0.295 e. The summed E-state index contributed by atoms with van der Waals surface area (Å²) in [4.78, 5) is 8.58. The predicted octanol–water partition coefficient (Wildman–Crippen LogP) is 3.12. The predicted molar refractivity (Wildman–Crippen MR) is 61.1 cm³/mol.